The Morgan fingerprint density at radius 1 is 1.43 bits per heavy atom. The van der Waals surface area contributed by atoms with Crippen molar-refractivity contribution in [1.29, 1.82) is 0 Å². The number of nitrogens with one attached hydrogen (secondary N) is 3. The smallest absolute Gasteiger partial charge is 0.227 e. The van der Waals surface area contributed by atoms with Crippen LogP contribution in [0, 0.1) is 11.8 Å². The number of nitrogens with zero attached hydrogens (tertiary/aromatic N) is 2. The molecule has 0 saturated carbocycles. The monoisotopic (exact) mass is 307 g/mol. The number of benzene rings is 1. The van der Waals surface area contributed by atoms with E-state index in [1.807, 2.05) is 31.2 Å². The standard InChI is InChI=1S/C14H17N5O.ClH/c1-9(11-6-15-7-11)14(20)18-12-4-2-3-10(5-12)13-16-8-17-19-13;/h2-5,8-9,11,15H,6-7H2,1H3,(H,18,20)(H,16,17,19);1H. The fourth-order valence-electron chi connectivity index (χ4n) is 2.22. The van der Waals surface area contributed by atoms with Gasteiger partial charge in [-0.25, -0.2) is 4.98 Å². The molecular weight excluding hydrogens is 290 g/mol. The summed E-state index contributed by atoms with van der Waals surface area (Å²) in [7, 11) is 0. The maximum absolute atomic E-state index is 12.2. The summed E-state index contributed by atoms with van der Waals surface area (Å²) in [5.41, 5.74) is 1.68. The lowest BCUT2D eigenvalue weighted by atomic mass is 9.88. The molecule has 3 N–H and O–H groups in total. The van der Waals surface area contributed by atoms with E-state index in [2.05, 4.69) is 25.8 Å². The summed E-state index contributed by atoms with van der Waals surface area (Å²) >= 11 is 0. The van der Waals surface area contributed by atoms with Crippen LogP contribution in [0.5, 0.6) is 0 Å². The molecule has 1 fully saturated rings. The molecule has 1 atom stereocenters. The van der Waals surface area contributed by atoms with Gasteiger partial charge in [0.05, 0.1) is 0 Å². The number of rotatable bonds is 4. The van der Waals surface area contributed by atoms with Crippen molar-refractivity contribution in [2.75, 3.05) is 18.4 Å². The Hall–Kier alpha value is -1.92. The number of hydrogen-bond donors (Lipinski definition) is 3. The second-order valence-electron chi connectivity index (χ2n) is 5.11. The lowest BCUT2D eigenvalue weighted by Gasteiger charge is -2.31. The lowest BCUT2D eigenvalue weighted by molar-refractivity contribution is -0.121. The molecule has 1 aliphatic heterocycles. The van der Waals surface area contributed by atoms with E-state index in [1.165, 1.54) is 6.33 Å². The number of halogens is 1. The van der Waals surface area contributed by atoms with Gasteiger partial charge < -0.3 is 10.6 Å². The third-order valence-electron chi connectivity index (χ3n) is 3.75. The van der Waals surface area contributed by atoms with Gasteiger partial charge in [-0.05, 0) is 31.1 Å². The van der Waals surface area contributed by atoms with Crippen molar-refractivity contribution >= 4 is 24.0 Å². The molecule has 0 bridgehead atoms. The van der Waals surface area contributed by atoms with Crippen molar-refractivity contribution < 1.29 is 4.79 Å². The predicted octanol–water partition coefficient (Wildman–Crippen LogP) is 1.69. The van der Waals surface area contributed by atoms with Crippen molar-refractivity contribution in [2.24, 2.45) is 11.8 Å². The minimum Gasteiger partial charge on any atom is -0.326 e. The van der Waals surface area contributed by atoms with Gasteiger partial charge >= 0.3 is 0 Å². The molecule has 7 heteroatoms. The molecule has 21 heavy (non-hydrogen) atoms. The molecule has 1 aromatic heterocycles. The predicted molar refractivity (Wildman–Crippen MR) is 83.2 cm³/mol. The molecule has 1 aromatic carbocycles. The molecule has 0 radical (unpaired) electrons. The summed E-state index contributed by atoms with van der Waals surface area (Å²) in [6, 6.07) is 7.59. The average Bonchev–Trinajstić information content (AvgIpc) is 2.90. The third kappa shape index (κ3) is 3.40. The minimum absolute atomic E-state index is 0. The van der Waals surface area contributed by atoms with Crippen LogP contribution >= 0.6 is 12.4 Å². The topological polar surface area (TPSA) is 82.7 Å². The van der Waals surface area contributed by atoms with Crippen LogP contribution < -0.4 is 10.6 Å². The van der Waals surface area contributed by atoms with Gasteiger partial charge in [0.25, 0.3) is 0 Å². The summed E-state index contributed by atoms with van der Waals surface area (Å²) in [4.78, 5) is 16.3. The van der Waals surface area contributed by atoms with Crippen LogP contribution in [0.2, 0.25) is 0 Å². The highest BCUT2D eigenvalue weighted by Crippen LogP contribution is 2.21. The minimum atomic E-state index is 0. The van der Waals surface area contributed by atoms with Crippen LogP contribution in [0.3, 0.4) is 0 Å². The zero-order chi connectivity index (χ0) is 13.9. The van der Waals surface area contributed by atoms with Crippen LogP contribution in [0.15, 0.2) is 30.6 Å². The molecule has 112 valence electrons. The number of amides is 1. The largest absolute Gasteiger partial charge is 0.326 e. The Morgan fingerprint density at radius 3 is 2.86 bits per heavy atom. The Kier molecular flexibility index (Phi) is 4.93. The third-order valence-corrected chi connectivity index (χ3v) is 3.75. The van der Waals surface area contributed by atoms with Gasteiger partial charge in [0, 0.05) is 17.2 Å². The highest BCUT2D eigenvalue weighted by atomic mass is 35.5. The highest BCUT2D eigenvalue weighted by Gasteiger charge is 2.28. The Bertz CT molecular complexity index is 597. The van der Waals surface area contributed by atoms with Gasteiger partial charge in [-0.1, -0.05) is 19.1 Å². The highest BCUT2D eigenvalue weighted by molar-refractivity contribution is 5.93. The van der Waals surface area contributed by atoms with Gasteiger partial charge in [0.1, 0.15) is 6.33 Å². The van der Waals surface area contributed by atoms with E-state index in [-0.39, 0.29) is 24.2 Å². The first-order valence-corrected chi connectivity index (χ1v) is 6.71. The number of aromatic amines is 1. The Balaban J connectivity index is 0.00000161. The van der Waals surface area contributed by atoms with Crippen LogP contribution in [0.1, 0.15) is 6.92 Å². The molecule has 2 heterocycles. The fourth-order valence-corrected chi connectivity index (χ4v) is 2.22. The van der Waals surface area contributed by atoms with Gasteiger partial charge in [0.2, 0.25) is 5.91 Å². The van der Waals surface area contributed by atoms with Crippen LogP contribution in [0.4, 0.5) is 5.69 Å². The molecule has 2 aromatic rings. The summed E-state index contributed by atoms with van der Waals surface area (Å²) in [6.07, 6.45) is 1.46. The van der Waals surface area contributed by atoms with E-state index >= 15 is 0 Å². The summed E-state index contributed by atoms with van der Waals surface area (Å²) in [5.74, 6) is 1.21. The zero-order valence-electron chi connectivity index (χ0n) is 11.7. The number of aromatic nitrogens is 3. The van der Waals surface area contributed by atoms with E-state index in [0.29, 0.717) is 11.7 Å². The lowest BCUT2D eigenvalue weighted by Crippen LogP contribution is -2.48. The normalized spacial score (nSPS) is 15.7. The maximum atomic E-state index is 12.2. The van der Waals surface area contributed by atoms with E-state index in [1.54, 1.807) is 0 Å². The molecule has 6 nitrogen and oxygen atoms in total. The number of carbonyl (C=O) groups excluding carboxylic acids is 1. The van der Waals surface area contributed by atoms with E-state index in [9.17, 15) is 4.79 Å². The molecule has 1 unspecified atom stereocenters. The molecule has 3 rings (SSSR count). The van der Waals surface area contributed by atoms with Crippen molar-refractivity contribution in [3.05, 3.63) is 30.6 Å². The fraction of sp³-hybridized carbons (Fsp3) is 0.357. The molecular formula is C14H18ClN5O. The Morgan fingerprint density at radius 2 is 2.24 bits per heavy atom. The number of anilines is 1. The van der Waals surface area contributed by atoms with E-state index in [4.69, 9.17) is 0 Å². The van der Waals surface area contributed by atoms with Crippen molar-refractivity contribution in [1.82, 2.24) is 20.5 Å². The zero-order valence-corrected chi connectivity index (χ0v) is 12.5. The number of carbonyl (C=O) groups is 1. The van der Waals surface area contributed by atoms with Crippen molar-refractivity contribution in [3.8, 4) is 11.4 Å². The number of hydrogen-bond acceptors (Lipinski definition) is 4. The first-order valence-electron chi connectivity index (χ1n) is 6.71. The van der Waals surface area contributed by atoms with Crippen LogP contribution in [-0.2, 0) is 4.79 Å². The van der Waals surface area contributed by atoms with Crippen LogP contribution in [0.25, 0.3) is 11.4 Å². The van der Waals surface area contributed by atoms with Crippen molar-refractivity contribution in [2.45, 2.75) is 6.92 Å². The first kappa shape index (κ1) is 15.5. The SMILES string of the molecule is CC(C(=O)Nc1cccc(-c2ncn[nH]2)c1)C1CNC1.Cl. The summed E-state index contributed by atoms with van der Waals surface area (Å²) in [6.45, 7) is 3.82. The molecule has 1 saturated heterocycles. The summed E-state index contributed by atoms with van der Waals surface area (Å²) in [5, 5.41) is 12.8. The second kappa shape index (κ2) is 6.69. The maximum Gasteiger partial charge on any atom is 0.227 e. The molecule has 0 spiro atoms. The van der Waals surface area contributed by atoms with E-state index in [0.717, 1.165) is 24.3 Å². The molecule has 1 aliphatic rings. The van der Waals surface area contributed by atoms with Gasteiger partial charge in [0.15, 0.2) is 5.82 Å². The van der Waals surface area contributed by atoms with Crippen molar-refractivity contribution in [3.63, 3.8) is 0 Å². The second-order valence-corrected chi connectivity index (χ2v) is 5.11. The molecule has 0 aliphatic carbocycles. The van der Waals surface area contributed by atoms with Crippen LogP contribution in [-0.4, -0.2) is 34.2 Å². The van der Waals surface area contributed by atoms with Gasteiger partial charge in [-0.2, -0.15) is 5.10 Å². The quantitative estimate of drug-likeness (QED) is 0.802. The summed E-state index contributed by atoms with van der Waals surface area (Å²) < 4.78 is 0. The Labute approximate surface area is 129 Å². The number of H-pyrrole nitrogens is 1. The van der Waals surface area contributed by atoms with Gasteiger partial charge in [-0.15, -0.1) is 12.4 Å². The van der Waals surface area contributed by atoms with E-state index < -0.39 is 0 Å². The molecule has 1 amide bonds. The first-order chi connectivity index (χ1) is 9.74. The average molecular weight is 308 g/mol. The van der Waals surface area contributed by atoms with Gasteiger partial charge in [-0.3, -0.25) is 9.89 Å².